The van der Waals surface area contributed by atoms with Crippen molar-refractivity contribution in [3.63, 3.8) is 0 Å². The van der Waals surface area contributed by atoms with Crippen LogP contribution in [-0.4, -0.2) is 37.3 Å². The highest BCUT2D eigenvalue weighted by Gasteiger charge is 2.30. The third-order valence-corrected chi connectivity index (χ3v) is 5.10. The Hall–Kier alpha value is -2.13. The van der Waals surface area contributed by atoms with Gasteiger partial charge in [-0.05, 0) is 30.3 Å². The van der Waals surface area contributed by atoms with E-state index in [1.165, 1.54) is 6.33 Å². The first kappa shape index (κ1) is 16.3. The molecule has 3 N–H and O–H groups in total. The molecule has 25 heavy (non-hydrogen) atoms. The Bertz CT molecular complexity index is 943. The highest BCUT2D eigenvalue weighted by atomic mass is 35.5. The SMILES string of the molecule is Nc1ncnc2c1ncn2[C@@H]1O[C@H](CO)C=C1Sc1ccc(Cl)cc1. The molecule has 0 saturated carbocycles. The first-order chi connectivity index (χ1) is 12.2. The molecule has 3 aromatic rings. The van der Waals surface area contributed by atoms with Crippen LogP contribution in [0.4, 0.5) is 5.82 Å². The van der Waals surface area contributed by atoms with E-state index in [9.17, 15) is 5.11 Å². The van der Waals surface area contributed by atoms with Crippen LogP contribution >= 0.6 is 23.4 Å². The lowest BCUT2D eigenvalue weighted by molar-refractivity contribution is -0.00765. The first-order valence-electron chi connectivity index (χ1n) is 7.50. The molecule has 0 unspecified atom stereocenters. The van der Waals surface area contributed by atoms with E-state index in [1.807, 2.05) is 30.3 Å². The number of nitrogen functional groups attached to an aromatic ring is 1. The average molecular weight is 376 g/mol. The fourth-order valence-corrected chi connectivity index (χ4v) is 3.76. The normalized spacial score (nSPS) is 20.2. The summed E-state index contributed by atoms with van der Waals surface area (Å²) in [5, 5.41) is 10.2. The molecule has 7 nitrogen and oxygen atoms in total. The summed E-state index contributed by atoms with van der Waals surface area (Å²) in [7, 11) is 0. The minimum absolute atomic E-state index is 0.106. The molecule has 4 rings (SSSR count). The van der Waals surface area contributed by atoms with Gasteiger partial charge in [-0.15, -0.1) is 0 Å². The molecule has 2 atom stereocenters. The number of nitrogens with two attached hydrogens (primary N) is 1. The third kappa shape index (κ3) is 3.09. The van der Waals surface area contributed by atoms with Gasteiger partial charge < -0.3 is 15.6 Å². The standard InChI is InChI=1S/C16H14ClN5O2S/c17-9-1-3-11(4-2-9)25-12-5-10(6-23)24-16(12)22-8-21-13-14(18)19-7-20-15(13)22/h1-5,7-8,10,16,23H,6H2,(H2,18,19,20)/t10-,16+/m0/s1. The highest BCUT2D eigenvalue weighted by molar-refractivity contribution is 8.03. The summed E-state index contributed by atoms with van der Waals surface area (Å²) in [6.45, 7) is -0.106. The van der Waals surface area contributed by atoms with E-state index >= 15 is 0 Å². The molecule has 9 heteroatoms. The second-order valence-corrected chi connectivity index (χ2v) is 7.00. The second kappa shape index (κ2) is 6.64. The van der Waals surface area contributed by atoms with Crippen molar-refractivity contribution in [1.82, 2.24) is 19.5 Å². The predicted octanol–water partition coefficient (Wildman–Crippen LogP) is 2.63. The molecule has 3 heterocycles. The van der Waals surface area contributed by atoms with Gasteiger partial charge in [-0.3, -0.25) is 4.57 Å². The van der Waals surface area contributed by atoms with Crippen molar-refractivity contribution in [2.75, 3.05) is 12.3 Å². The molecule has 0 radical (unpaired) electrons. The number of aliphatic hydroxyl groups excluding tert-OH is 1. The molecule has 2 aromatic heterocycles. The van der Waals surface area contributed by atoms with Crippen molar-refractivity contribution < 1.29 is 9.84 Å². The molecule has 0 fully saturated rings. The predicted molar refractivity (Wildman–Crippen MR) is 96.1 cm³/mol. The lowest BCUT2D eigenvalue weighted by Gasteiger charge is -2.18. The van der Waals surface area contributed by atoms with Crippen molar-refractivity contribution in [1.29, 1.82) is 0 Å². The van der Waals surface area contributed by atoms with Crippen molar-refractivity contribution in [2.45, 2.75) is 17.2 Å². The molecular weight excluding hydrogens is 362 g/mol. The first-order valence-corrected chi connectivity index (χ1v) is 8.69. The maximum absolute atomic E-state index is 9.49. The molecule has 0 bridgehead atoms. The van der Waals surface area contributed by atoms with Crippen molar-refractivity contribution >= 4 is 40.3 Å². The minimum atomic E-state index is -0.447. The van der Waals surface area contributed by atoms with E-state index in [-0.39, 0.29) is 6.61 Å². The zero-order valence-corrected chi connectivity index (χ0v) is 14.5. The summed E-state index contributed by atoms with van der Waals surface area (Å²) >= 11 is 7.49. The Morgan fingerprint density at radius 3 is 2.80 bits per heavy atom. The summed E-state index contributed by atoms with van der Waals surface area (Å²) in [5.41, 5.74) is 6.96. The van der Waals surface area contributed by atoms with Gasteiger partial charge in [0.25, 0.3) is 0 Å². The number of anilines is 1. The van der Waals surface area contributed by atoms with Crippen LogP contribution in [-0.2, 0) is 4.74 Å². The van der Waals surface area contributed by atoms with E-state index in [1.54, 1.807) is 22.7 Å². The van der Waals surface area contributed by atoms with Crippen LogP contribution in [0.2, 0.25) is 5.02 Å². The van der Waals surface area contributed by atoms with Gasteiger partial charge in [-0.25, -0.2) is 15.0 Å². The molecule has 0 aliphatic carbocycles. The Balaban J connectivity index is 1.70. The number of fused-ring (bicyclic) bond motifs is 1. The van der Waals surface area contributed by atoms with Gasteiger partial charge in [0, 0.05) is 14.8 Å². The second-order valence-electron chi connectivity index (χ2n) is 5.42. The summed E-state index contributed by atoms with van der Waals surface area (Å²) in [4.78, 5) is 14.4. The number of imidazole rings is 1. The largest absolute Gasteiger partial charge is 0.393 e. The smallest absolute Gasteiger partial charge is 0.169 e. The number of thioether (sulfide) groups is 1. The van der Waals surface area contributed by atoms with E-state index in [4.69, 9.17) is 22.1 Å². The number of aliphatic hydroxyl groups is 1. The minimum Gasteiger partial charge on any atom is -0.393 e. The summed E-state index contributed by atoms with van der Waals surface area (Å²) < 4.78 is 7.73. The number of rotatable bonds is 4. The number of ether oxygens (including phenoxy) is 1. The number of hydrogen-bond acceptors (Lipinski definition) is 7. The summed E-state index contributed by atoms with van der Waals surface area (Å²) in [6, 6.07) is 7.53. The van der Waals surface area contributed by atoms with Crippen LogP contribution in [0.5, 0.6) is 0 Å². The molecular formula is C16H14ClN5O2S. The van der Waals surface area contributed by atoms with Crippen molar-refractivity contribution in [3.8, 4) is 0 Å². The third-order valence-electron chi connectivity index (χ3n) is 3.77. The van der Waals surface area contributed by atoms with E-state index in [2.05, 4.69) is 15.0 Å². The molecule has 0 saturated heterocycles. The summed E-state index contributed by atoms with van der Waals surface area (Å²) in [6.07, 6.45) is 4.08. The number of hydrogen-bond donors (Lipinski definition) is 2. The molecule has 1 aliphatic rings. The monoisotopic (exact) mass is 375 g/mol. The van der Waals surface area contributed by atoms with E-state index in [0.29, 0.717) is 22.0 Å². The number of aromatic nitrogens is 4. The van der Waals surface area contributed by atoms with Gasteiger partial charge >= 0.3 is 0 Å². The molecule has 1 aliphatic heterocycles. The van der Waals surface area contributed by atoms with Crippen LogP contribution in [0.3, 0.4) is 0 Å². The lowest BCUT2D eigenvalue weighted by atomic mass is 10.3. The van der Waals surface area contributed by atoms with Crippen molar-refractivity contribution in [2.24, 2.45) is 0 Å². The highest BCUT2D eigenvalue weighted by Crippen LogP contribution is 2.41. The molecule has 0 amide bonds. The zero-order valence-electron chi connectivity index (χ0n) is 12.9. The van der Waals surface area contributed by atoms with Gasteiger partial charge in [-0.2, -0.15) is 0 Å². The number of nitrogens with zero attached hydrogens (tertiary/aromatic N) is 4. The van der Waals surface area contributed by atoms with Crippen LogP contribution < -0.4 is 5.73 Å². The fraction of sp³-hybridized carbons (Fsp3) is 0.188. The van der Waals surface area contributed by atoms with Crippen molar-refractivity contribution in [3.05, 3.63) is 52.9 Å². The number of halogens is 1. The Labute approximate surface area is 152 Å². The lowest BCUT2D eigenvalue weighted by Crippen LogP contribution is -2.16. The van der Waals surface area contributed by atoms with Crippen LogP contribution in [0.15, 0.2) is 52.8 Å². The maximum atomic E-state index is 9.49. The van der Waals surface area contributed by atoms with Gasteiger partial charge in [0.1, 0.15) is 17.9 Å². The number of benzene rings is 1. The molecule has 128 valence electrons. The van der Waals surface area contributed by atoms with E-state index in [0.717, 1.165) is 9.80 Å². The summed E-state index contributed by atoms with van der Waals surface area (Å²) in [5.74, 6) is 0.316. The Morgan fingerprint density at radius 2 is 2.04 bits per heavy atom. The van der Waals surface area contributed by atoms with Gasteiger partial charge in [0.2, 0.25) is 0 Å². The zero-order chi connectivity index (χ0) is 17.4. The van der Waals surface area contributed by atoms with Crippen LogP contribution in [0.25, 0.3) is 11.2 Å². The van der Waals surface area contributed by atoms with Crippen LogP contribution in [0.1, 0.15) is 6.23 Å². The van der Waals surface area contributed by atoms with Gasteiger partial charge in [0.05, 0.1) is 12.9 Å². The Morgan fingerprint density at radius 1 is 1.24 bits per heavy atom. The average Bonchev–Trinajstić information content (AvgIpc) is 3.21. The fourth-order valence-electron chi connectivity index (χ4n) is 2.60. The Kier molecular flexibility index (Phi) is 4.34. The maximum Gasteiger partial charge on any atom is 0.169 e. The quantitative estimate of drug-likeness (QED) is 0.723. The molecule has 0 spiro atoms. The van der Waals surface area contributed by atoms with Crippen LogP contribution in [0, 0.1) is 0 Å². The molecule has 1 aromatic carbocycles. The van der Waals surface area contributed by atoms with Gasteiger partial charge in [-0.1, -0.05) is 23.4 Å². The van der Waals surface area contributed by atoms with Gasteiger partial charge in [0.15, 0.2) is 17.7 Å². The van der Waals surface area contributed by atoms with E-state index < -0.39 is 12.3 Å². The topological polar surface area (TPSA) is 99.1 Å².